The molecule has 0 aliphatic carbocycles. The molecule has 12 nitrogen and oxygen atoms in total. The molecule has 4 atom stereocenters. The highest BCUT2D eigenvalue weighted by Gasteiger charge is 2.31. The lowest BCUT2D eigenvalue weighted by atomic mass is 10.0. The fraction of sp³-hybridized carbons (Fsp3) is 0.737. The van der Waals surface area contributed by atoms with Crippen molar-refractivity contribution in [2.75, 3.05) is 12.3 Å². The summed E-state index contributed by atoms with van der Waals surface area (Å²) >= 11 is 3.97. The van der Waals surface area contributed by atoms with E-state index in [-0.39, 0.29) is 24.5 Å². The van der Waals surface area contributed by atoms with Crippen LogP contribution >= 0.6 is 12.6 Å². The highest BCUT2D eigenvalue weighted by molar-refractivity contribution is 7.80. The first kappa shape index (κ1) is 29.6. The Morgan fingerprint density at radius 1 is 0.906 bits per heavy atom. The Morgan fingerprint density at radius 3 is 1.91 bits per heavy atom. The van der Waals surface area contributed by atoms with Crippen LogP contribution in [0.1, 0.15) is 46.0 Å². The number of carboxylic acid groups (broad SMARTS) is 1. The van der Waals surface area contributed by atoms with E-state index in [1.165, 1.54) is 0 Å². The molecule has 0 rings (SSSR count). The predicted molar refractivity (Wildman–Crippen MR) is 121 cm³/mol. The zero-order valence-electron chi connectivity index (χ0n) is 18.5. The number of carbonyl (C=O) groups is 5. The van der Waals surface area contributed by atoms with Gasteiger partial charge in [0.25, 0.3) is 0 Å². The van der Waals surface area contributed by atoms with Gasteiger partial charge in [0.2, 0.25) is 23.6 Å². The minimum Gasteiger partial charge on any atom is -0.480 e. The molecular weight excluding hydrogens is 440 g/mol. The summed E-state index contributed by atoms with van der Waals surface area (Å²) in [5.74, 6) is -4.25. The Balaban J connectivity index is 5.46. The van der Waals surface area contributed by atoms with Gasteiger partial charge in [-0.15, -0.1) is 0 Å². The number of thiol groups is 1. The van der Waals surface area contributed by atoms with Crippen LogP contribution in [0.4, 0.5) is 0 Å². The van der Waals surface area contributed by atoms with Crippen molar-refractivity contribution < 1.29 is 29.1 Å². The molecule has 32 heavy (non-hydrogen) atoms. The second-order valence-electron chi connectivity index (χ2n) is 7.90. The molecule has 0 bridgehead atoms. The molecule has 4 amide bonds. The Bertz CT molecular complexity index is 662. The van der Waals surface area contributed by atoms with Crippen molar-refractivity contribution in [3.05, 3.63) is 0 Å². The largest absolute Gasteiger partial charge is 0.480 e. The maximum Gasteiger partial charge on any atom is 0.326 e. The average Bonchev–Trinajstić information content (AvgIpc) is 2.70. The first-order valence-electron chi connectivity index (χ1n) is 10.4. The van der Waals surface area contributed by atoms with Gasteiger partial charge in [-0.05, 0) is 38.1 Å². The van der Waals surface area contributed by atoms with Crippen LogP contribution in [0.5, 0.6) is 0 Å². The van der Waals surface area contributed by atoms with Crippen molar-refractivity contribution in [2.24, 2.45) is 23.1 Å². The molecule has 0 aromatic rings. The zero-order chi connectivity index (χ0) is 24.8. The number of hydrogen-bond donors (Lipinski definition) is 8. The monoisotopic (exact) mass is 476 g/mol. The van der Waals surface area contributed by atoms with Gasteiger partial charge in [0.1, 0.15) is 18.1 Å². The number of nitrogens with one attached hydrogen (secondary N) is 3. The Morgan fingerprint density at radius 2 is 1.44 bits per heavy atom. The molecule has 0 fully saturated rings. The molecule has 10 N–H and O–H groups in total. The molecule has 0 spiro atoms. The minimum absolute atomic E-state index is 0.0339. The number of unbranched alkanes of at least 4 members (excludes halogenated alkanes) is 1. The van der Waals surface area contributed by atoms with E-state index in [9.17, 15) is 29.1 Å². The van der Waals surface area contributed by atoms with Gasteiger partial charge in [-0.1, -0.05) is 13.8 Å². The van der Waals surface area contributed by atoms with Crippen LogP contribution < -0.4 is 33.2 Å². The molecule has 0 aliphatic rings. The summed E-state index contributed by atoms with van der Waals surface area (Å²) in [6, 6.07) is -4.50. The number of hydrogen-bond acceptors (Lipinski definition) is 8. The lowest BCUT2D eigenvalue weighted by molar-refractivity contribution is -0.143. The molecule has 0 radical (unpaired) electrons. The lowest BCUT2D eigenvalue weighted by Gasteiger charge is -2.26. The maximum atomic E-state index is 12.9. The molecule has 13 heteroatoms. The zero-order valence-corrected chi connectivity index (χ0v) is 19.4. The summed E-state index contributed by atoms with van der Waals surface area (Å²) in [6.45, 7) is 4.04. The number of carbonyl (C=O) groups excluding carboxylic acids is 4. The summed E-state index contributed by atoms with van der Waals surface area (Å²) in [6.07, 6.45) is 1.04. The van der Waals surface area contributed by atoms with Gasteiger partial charge in [0, 0.05) is 5.75 Å². The van der Waals surface area contributed by atoms with E-state index in [0.717, 1.165) is 0 Å². The maximum absolute atomic E-state index is 12.9. The molecule has 0 saturated heterocycles. The summed E-state index contributed by atoms with van der Waals surface area (Å²) in [4.78, 5) is 60.2. The Hall–Kier alpha value is -2.38. The number of aliphatic carboxylic acids is 1. The topological polar surface area (TPSA) is 220 Å². The second-order valence-corrected chi connectivity index (χ2v) is 8.26. The van der Waals surface area contributed by atoms with Gasteiger partial charge in [-0.25, -0.2) is 4.79 Å². The third kappa shape index (κ3) is 11.9. The molecule has 0 aliphatic heterocycles. The summed E-state index contributed by atoms with van der Waals surface area (Å²) in [5, 5.41) is 16.6. The predicted octanol–water partition coefficient (Wildman–Crippen LogP) is -2.17. The number of rotatable bonds is 16. The molecule has 0 saturated carbocycles. The van der Waals surface area contributed by atoms with Crippen molar-refractivity contribution in [1.82, 2.24) is 16.0 Å². The van der Waals surface area contributed by atoms with Gasteiger partial charge >= 0.3 is 5.97 Å². The van der Waals surface area contributed by atoms with E-state index in [1.807, 2.05) is 13.8 Å². The number of amides is 4. The van der Waals surface area contributed by atoms with Crippen LogP contribution in [-0.2, 0) is 24.0 Å². The number of carboxylic acids is 1. The fourth-order valence-electron chi connectivity index (χ4n) is 2.77. The molecule has 0 aromatic carbocycles. The van der Waals surface area contributed by atoms with E-state index >= 15 is 0 Å². The SMILES string of the molecule is CC(C)CC(NC(=O)C(CCCCN)NC(=O)C(N)CS)C(=O)NC(CC(N)=O)C(=O)O. The van der Waals surface area contributed by atoms with Crippen LogP contribution in [0.2, 0.25) is 0 Å². The molecular formula is C19H36N6O6S. The number of primary amides is 1. The Kier molecular flexibility index (Phi) is 14.3. The van der Waals surface area contributed by atoms with Crippen LogP contribution in [-0.4, -0.2) is 71.2 Å². The standard InChI is InChI=1S/C19H36N6O6S/c1-10(2)7-13(18(29)25-14(19(30)31)8-15(22)26)24-17(28)12(5-3-4-6-20)23-16(27)11(21)9-32/h10-14,32H,3-9,20-21H2,1-2H3,(H2,22,26)(H,23,27)(H,24,28)(H,25,29)(H,30,31). The fourth-order valence-corrected chi connectivity index (χ4v) is 2.94. The summed E-state index contributed by atoms with van der Waals surface area (Å²) < 4.78 is 0. The van der Waals surface area contributed by atoms with Crippen LogP contribution in [0, 0.1) is 5.92 Å². The summed E-state index contributed by atoms with van der Waals surface area (Å²) in [7, 11) is 0. The van der Waals surface area contributed by atoms with Crippen molar-refractivity contribution in [2.45, 2.75) is 70.1 Å². The van der Waals surface area contributed by atoms with E-state index in [1.54, 1.807) is 0 Å². The average molecular weight is 477 g/mol. The highest BCUT2D eigenvalue weighted by Crippen LogP contribution is 2.08. The molecule has 0 heterocycles. The van der Waals surface area contributed by atoms with Gasteiger partial charge in [-0.2, -0.15) is 12.6 Å². The lowest BCUT2D eigenvalue weighted by Crippen LogP contribution is -2.57. The van der Waals surface area contributed by atoms with Crippen molar-refractivity contribution in [1.29, 1.82) is 0 Å². The molecule has 184 valence electrons. The van der Waals surface area contributed by atoms with Crippen LogP contribution in [0.15, 0.2) is 0 Å². The smallest absolute Gasteiger partial charge is 0.326 e. The van der Waals surface area contributed by atoms with Gasteiger partial charge < -0.3 is 38.3 Å². The second kappa shape index (κ2) is 15.4. The van der Waals surface area contributed by atoms with Gasteiger partial charge in [-0.3, -0.25) is 19.2 Å². The third-order valence-corrected chi connectivity index (χ3v) is 4.87. The van der Waals surface area contributed by atoms with E-state index in [0.29, 0.717) is 19.4 Å². The van der Waals surface area contributed by atoms with Crippen molar-refractivity contribution in [3.63, 3.8) is 0 Å². The van der Waals surface area contributed by atoms with Crippen LogP contribution in [0.25, 0.3) is 0 Å². The van der Waals surface area contributed by atoms with Crippen molar-refractivity contribution >= 4 is 42.2 Å². The quantitative estimate of drug-likeness (QED) is 0.0902. The normalized spacial score (nSPS) is 14.7. The minimum atomic E-state index is -1.53. The van der Waals surface area contributed by atoms with Gasteiger partial charge in [0.15, 0.2) is 0 Å². The first-order valence-corrected chi connectivity index (χ1v) is 11.0. The summed E-state index contributed by atoms with van der Waals surface area (Å²) in [5.41, 5.74) is 16.2. The van der Waals surface area contributed by atoms with E-state index in [2.05, 4.69) is 28.6 Å². The number of nitrogens with two attached hydrogens (primary N) is 3. The van der Waals surface area contributed by atoms with E-state index < -0.39 is 60.2 Å². The van der Waals surface area contributed by atoms with Crippen molar-refractivity contribution in [3.8, 4) is 0 Å². The highest BCUT2D eigenvalue weighted by atomic mass is 32.1. The Labute approximate surface area is 193 Å². The van der Waals surface area contributed by atoms with Crippen LogP contribution in [0.3, 0.4) is 0 Å². The first-order chi connectivity index (χ1) is 14.9. The molecule has 4 unspecified atom stereocenters. The van der Waals surface area contributed by atoms with E-state index in [4.69, 9.17) is 17.2 Å². The third-order valence-electron chi connectivity index (χ3n) is 4.47. The van der Waals surface area contributed by atoms with Gasteiger partial charge in [0.05, 0.1) is 12.5 Å². The molecule has 0 aromatic heterocycles.